The van der Waals surface area contributed by atoms with Gasteiger partial charge in [0.2, 0.25) is 0 Å². The van der Waals surface area contributed by atoms with Gasteiger partial charge in [-0.25, -0.2) is 0 Å². The molecule has 0 saturated heterocycles. The number of rotatable bonds is 3. The second-order valence-electron chi connectivity index (χ2n) is 5.89. The van der Waals surface area contributed by atoms with Crippen LogP contribution in [0.15, 0.2) is 53.3 Å². The van der Waals surface area contributed by atoms with Crippen LogP contribution in [-0.4, -0.2) is 23.1 Å². The molecule has 0 saturated carbocycles. The fourth-order valence-corrected chi connectivity index (χ4v) is 2.96. The van der Waals surface area contributed by atoms with E-state index in [2.05, 4.69) is 22.1 Å². The van der Waals surface area contributed by atoms with Gasteiger partial charge in [-0.3, -0.25) is 4.79 Å². The number of carbonyl (C=O) groups excluding carboxylic acids is 1. The van der Waals surface area contributed by atoms with Gasteiger partial charge in [-0.05, 0) is 36.4 Å². The van der Waals surface area contributed by atoms with E-state index in [1.54, 1.807) is 49.7 Å². The minimum absolute atomic E-state index is 0.220. The lowest BCUT2D eigenvalue weighted by molar-refractivity contribution is -0.110. The van der Waals surface area contributed by atoms with Gasteiger partial charge in [0.1, 0.15) is 11.5 Å². The van der Waals surface area contributed by atoms with Gasteiger partial charge in [-0.1, -0.05) is 17.9 Å². The maximum Gasteiger partial charge on any atom is 0.256 e. The molecule has 6 nitrogen and oxygen atoms in total. The number of amides is 1. The van der Waals surface area contributed by atoms with Crippen LogP contribution in [0.1, 0.15) is 28.7 Å². The van der Waals surface area contributed by atoms with Crippen LogP contribution >= 0.6 is 0 Å². The molecule has 1 aliphatic rings. The van der Waals surface area contributed by atoms with E-state index in [1.165, 1.54) is 6.26 Å². The highest BCUT2D eigenvalue weighted by molar-refractivity contribution is 6.35. The smallest absolute Gasteiger partial charge is 0.256 e. The molecule has 6 heteroatoms. The van der Waals surface area contributed by atoms with Gasteiger partial charge in [-0.2, -0.15) is 0 Å². The zero-order chi connectivity index (χ0) is 18.8. The van der Waals surface area contributed by atoms with Crippen molar-refractivity contribution in [1.29, 1.82) is 0 Å². The number of anilines is 1. The van der Waals surface area contributed by atoms with E-state index in [0.717, 1.165) is 0 Å². The van der Waals surface area contributed by atoms with Crippen molar-refractivity contribution >= 4 is 23.2 Å². The predicted molar refractivity (Wildman–Crippen MR) is 101 cm³/mol. The molecular formula is C21H16N2O4. The molecule has 0 fully saturated rings. The van der Waals surface area contributed by atoms with Gasteiger partial charge in [-0.15, -0.1) is 0 Å². The van der Waals surface area contributed by atoms with Crippen LogP contribution in [0.2, 0.25) is 0 Å². The molecule has 27 heavy (non-hydrogen) atoms. The van der Waals surface area contributed by atoms with Crippen molar-refractivity contribution in [1.82, 2.24) is 4.98 Å². The van der Waals surface area contributed by atoms with Crippen molar-refractivity contribution in [3.05, 3.63) is 71.4 Å². The van der Waals surface area contributed by atoms with E-state index in [4.69, 9.17) is 9.15 Å². The van der Waals surface area contributed by atoms with Crippen LogP contribution in [-0.2, 0) is 4.79 Å². The van der Waals surface area contributed by atoms with E-state index in [-0.39, 0.29) is 5.91 Å². The molecule has 0 spiro atoms. The predicted octanol–water partition coefficient (Wildman–Crippen LogP) is 3.19. The summed E-state index contributed by atoms with van der Waals surface area (Å²) in [5.74, 6) is 6.51. The van der Waals surface area contributed by atoms with Gasteiger partial charge in [0, 0.05) is 17.3 Å². The molecule has 0 aliphatic carbocycles. The fourth-order valence-electron chi connectivity index (χ4n) is 2.96. The molecule has 1 unspecified atom stereocenters. The van der Waals surface area contributed by atoms with Crippen LogP contribution < -0.4 is 10.1 Å². The first-order chi connectivity index (χ1) is 13.2. The zero-order valence-electron chi connectivity index (χ0n) is 14.4. The minimum Gasteiger partial charge on any atom is -0.495 e. The average Bonchev–Trinajstić information content (AvgIpc) is 3.40. The van der Waals surface area contributed by atoms with Crippen LogP contribution in [0.3, 0.4) is 0 Å². The monoisotopic (exact) mass is 360 g/mol. The molecular weight excluding hydrogens is 344 g/mol. The molecule has 3 N–H and O–H groups in total. The maximum absolute atomic E-state index is 12.5. The van der Waals surface area contributed by atoms with Crippen molar-refractivity contribution in [3.8, 4) is 17.6 Å². The quantitative estimate of drug-likeness (QED) is 0.494. The normalized spacial score (nSPS) is 15.0. The van der Waals surface area contributed by atoms with Crippen LogP contribution in [0, 0.1) is 11.8 Å². The Morgan fingerprint density at radius 1 is 1.26 bits per heavy atom. The Morgan fingerprint density at radius 3 is 2.93 bits per heavy atom. The number of benzene rings is 1. The number of nitrogens with one attached hydrogen (secondary N) is 2. The number of aromatic nitrogens is 1. The molecule has 1 amide bonds. The van der Waals surface area contributed by atoms with Crippen molar-refractivity contribution in [3.63, 3.8) is 0 Å². The summed E-state index contributed by atoms with van der Waals surface area (Å²) in [4.78, 5) is 15.5. The Morgan fingerprint density at radius 2 is 2.15 bits per heavy atom. The third-order valence-electron chi connectivity index (χ3n) is 4.23. The summed E-state index contributed by atoms with van der Waals surface area (Å²) in [7, 11) is 1.57. The van der Waals surface area contributed by atoms with Gasteiger partial charge in [0.25, 0.3) is 5.91 Å². The number of methoxy groups -OCH3 is 1. The van der Waals surface area contributed by atoms with Gasteiger partial charge >= 0.3 is 0 Å². The van der Waals surface area contributed by atoms with Crippen molar-refractivity contribution in [2.45, 2.75) is 6.10 Å². The number of hydrogen-bond donors (Lipinski definition) is 3. The standard InChI is InChI=1S/C21H16N2O4/c1-26-18-9-10-22-16(18)12-14-20-13(4-2-5-15(20)23-21(14)25)7-8-17(24)19-6-3-11-27-19/h2-6,9-12,17,22,24H,1H3,(H,23,25)/b14-12-. The number of H-pyrrole nitrogens is 1. The van der Waals surface area contributed by atoms with Crippen LogP contribution in [0.4, 0.5) is 5.69 Å². The third-order valence-corrected chi connectivity index (χ3v) is 4.23. The molecule has 134 valence electrons. The molecule has 2 aromatic heterocycles. The molecule has 1 aliphatic heterocycles. The summed E-state index contributed by atoms with van der Waals surface area (Å²) in [6.45, 7) is 0. The molecule has 4 rings (SSSR count). The Balaban J connectivity index is 1.76. The first-order valence-corrected chi connectivity index (χ1v) is 8.28. The number of aliphatic hydroxyl groups excluding tert-OH is 1. The Bertz CT molecular complexity index is 1080. The maximum atomic E-state index is 12.5. The molecule has 3 heterocycles. The summed E-state index contributed by atoms with van der Waals surface area (Å²) in [5, 5.41) is 13.0. The summed E-state index contributed by atoms with van der Waals surface area (Å²) in [6.07, 6.45) is 3.91. The number of furan rings is 1. The summed E-state index contributed by atoms with van der Waals surface area (Å²) in [6, 6.07) is 10.6. The number of fused-ring (bicyclic) bond motifs is 1. The average molecular weight is 360 g/mol. The zero-order valence-corrected chi connectivity index (χ0v) is 14.4. The third kappa shape index (κ3) is 3.12. The lowest BCUT2D eigenvalue weighted by atomic mass is 9.99. The fraction of sp³-hybridized carbons (Fsp3) is 0.0952. The Kier molecular flexibility index (Phi) is 4.29. The summed E-state index contributed by atoms with van der Waals surface area (Å²) >= 11 is 0. The lowest BCUT2D eigenvalue weighted by Gasteiger charge is -2.04. The van der Waals surface area contributed by atoms with E-state index in [1.807, 2.05) is 6.07 Å². The largest absolute Gasteiger partial charge is 0.495 e. The number of hydrogen-bond acceptors (Lipinski definition) is 4. The highest BCUT2D eigenvalue weighted by Gasteiger charge is 2.27. The molecule has 3 aromatic rings. The van der Waals surface area contributed by atoms with Crippen LogP contribution in [0.5, 0.6) is 5.75 Å². The topological polar surface area (TPSA) is 87.5 Å². The number of carbonyl (C=O) groups is 1. The molecule has 0 radical (unpaired) electrons. The summed E-state index contributed by atoms with van der Waals surface area (Å²) < 4.78 is 10.5. The minimum atomic E-state index is -1.04. The van der Waals surface area contributed by atoms with Crippen molar-refractivity contribution in [2.24, 2.45) is 0 Å². The molecule has 0 bridgehead atoms. The van der Waals surface area contributed by atoms with Crippen molar-refractivity contribution in [2.75, 3.05) is 12.4 Å². The van der Waals surface area contributed by atoms with E-state index < -0.39 is 6.10 Å². The van der Waals surface area contributed by atoms with E-state index in [9.17, 15) is 9.90 Å². The SMILES string of the molecule is COc1cc[nH]c1/C=C1\C(=O)Nc2cccc(C#CC(O)c3ccco3)c21. The van der Waals surface area contributed by atoms with Gasteiger partial charge in [0.05, 0.1) is 30.3 Å². The first-order valence-electron chi connectivity index (χ1n) is 8.28. The van der Waals surface area contributed by atoms with Gasteiger partial charge in [0.15, 0.2) is 6.10 Å². The lowest BCUT2D eigenvalue weighted by Crippen LogP contribution is -2.03. The second kappa shape index (κ2) is 6.90. The molecule has 1 aromatic carbocycles. The number of aliphatic hydroxyl groups is 1. The van der Waals surface area contributed by atoms with E-state index >= 15 is 0 Å². The van der Waals surface area contributed by atoms with E-state index in [0.29, 0.717) is 39.6 Å². The van der Waals surface area contributed by atoms with Crippen molar-refractivity contribution < 1.29 is 19.1 Å². The summed E-state index contributed by atoms with van der Waals surface area (Å²) in [5.41, 5.74) is 3.17. The second-order valence-corrected chi connectivity index (χ2v) is 5.89. The number of ether oxygens (including phenoxy) is 1. The molecule has 1 atom stereocenters. The first kappa shape index (κ1) is 16.8. The van der Waals surface area contributed by atoms with Crippen LogP contribution in [0.25, 0.3) is 11.6 Å². The van der Waals surface area contributed by atoms with Gasteiger partial charge < -0.3 is 24.6 Å². The number of aromatic amines is 1. The Hall–Kier alpha value is -3.69. The highest BCUT2D eigenvalue weighted by Crippen LogP contribution is 2.36. The Labute approximate surface area is 155 Å². The highest BCUT2D eigenvalue weighted by atomic mass is 16.5.